The summed E-state index contributed by atoms with van der Waals surface area (Å²) in [5.41, 5.74) is 4.54. The van der Waals surface area contributed by atoms with Crippen LogP contribution in [-0.2, 0) is 4.79 Å². The standard InChI is InChI=1S/C29H34F4N4O4/c30-23-12-19(27(40)37-15-21(38)13-24(37)26(34)39)2-4-22(23)20-3-5-25(35-14-20)41-16-18-6-10-36(11-7-18)17-28(8-1-9-28)29(31,32)33/h2-5,12,14,18,21,24,38H,1,6-11,13,15-17H2,(H2,34,39)/t21-,24?/m1/s1. The summed E-state index contributed by atoms with van der Waals surface area (Å²) >= 11 is 0. The fourth-order valence-corrected chi connectivity index (χ4v) is 6.06. The maximum Gasteiger partial charge on any atom is 0.395 e. The molecule has 0 spiro atoms. The molecule has 2 atom stereocenters. The highest BCUT2D eigenvalue weighted by Gasteiger charge is 2.58. The number of amides is 2. The summed E-state index contributed by atoms with van der Waals surface area (Å²) in [4.78, 5) is 31.9. The van der Waals surface area contributed by atoms with Crippen LogP contribution in [0.1, 0.15) is 48.9 Å². The minimum atomic E-state index is -4.15. The van der Waals surface area contributed by atoms with Gasteiger partial charge in [-0.3, -0.25) is 9.59 Å². The lowest BCUT2D eigenvalue weighted by Gasteiger charge is -2.47. The zero-order valence-corrected chi connectivity index (χ0v) is 22.6. The van der Waals surface area contributed by atoms with E-state index in [0.717, 1.165) is 23.8 Å². The highest BCUT2D eigenvalue weighted by atomic mass is 19.4. The van der Waals surface area contributed by atoms with Crippen LogP contribution in [-0.4, -0.2) is 82.8 Å². The van der Waals surface area contributed by atoms with E-state index in [4.69, 9.17) is 10.5 Å². The molecule has 2 aromatic rings. The number of carbonyl (C=O) groups is 2. The highest BCUT2D eigenvalue weighted by molar-refractivity contribution is 5.98. The molecule has 1 unspecified atom stereocenters. The number of nitrogens with zero attached hydrogens (tertiary/aromatic N) is 3. The molecular formula is C29H34F4N4O4. The molecule has 1 aromatic heterocycles. The minimum Gasteiger partial charge on any atom is -0.477 e. The van der Waals surface area contributed by atoms with Crippen LogP contribution < -0.4 is 10.5 Å². The molecule has 5 rings (SSSR count). The Morgan fingerprint density at radius 2 is 1.88 bits per heavy atom. The summed E-state index contributed by atoms with van der Waals surface area (Å²) in [6.07, 6.45) is -0.949. The van der Waals surface area contributed by atoms with E-state index in [1.54, 1.807) is 12.1 Å². The molecule has 1 aliphatic carbocycles. The van der Waals surface area contributed by atoms with Crippen molar-refractivity contribution in [2.24, 2.45) is 17.1 Å². The summed E-state index contributed by atoms with van der Waals surface area (Å²) < 4.78 is 61.3. The number of primary amides is 1. The molecule has 2 amide bonds. The third-order valence-corrected chi connectivity index (χ3v) is 8.74. The number of hydrogen-bond acceptors (Lipinski definition) is 6. The Morgan fingerprint density at radius 3 is 2.44 bits per heavy atom. The van der Waals surface area contributed by atoms with Crippen LogP contribution in [0.3, 0.4) is 0 Å². The molecule has 0 radical (unpaired) electrons. The van der Waals surface area contributed by atoms with Crippen LogP contribution in [0.5, 0.6) is 5.88 Å². The van der Waals surface area contributed by atoms with E-state index >= 15 is 0 Å². The van der Waals surface area contributed by atoms with Gasteiger partial charge in [0.15, 0.2) is 0 Å². The molecular weight excluding hydrogens is 544 g/mol. The molecule has 3 fully saturated rings. The van der Waals surface area contributed by atoms with Gasteiger partial charge in [0.05, 0.1) is 18.1 Å². The van der Waals surface area contributed by atoms with Gasteiger partial charge < -0.3 is 25.4 Å². The zero-order valence-electron chi connectivity index (χ0n) is 22.6. The van der Waals surface area contributed by atoms with Gasteiger partial charge in [-0.25, -0.2) is 9.37 Å². The van der Waals surface area contributed by atoms with Crippen molar-refractivity contribution < 1.29 is 37.0 Å². The second-order valence-electron chi connectivity index (χ2n) is 11.5. The molecule has 41 heavy (non-hydrogen) atoms. The molecule has 0 bridgehead atoms. The number of pyridine rings is 1. The predicted octanol–water partition coefficient (Wildman–Crippen LogP) is 3.77. The minimum absolute atomic E-state index is 0.0341. The number of β-amino-alcohol motifs (C(OH)–C–C–N with tert-alkyl or cyclic N) is 1. The average molecular weight is 579 g/mol. The molecule has 1 aromatic carbocycles. The monoisotopic (exact) mass is 578 g/mol. The third-order valence-electron chi connectivity index (χ3n) is 8.74. The fraction of sp³-hybridized carbons (Fsp3) is 0.552. The smallest absolute Gasteiger partial charge is 0.395 e. The van der Waals surface area contributed by atoms with E-state index in [-0.39, 0.29) is 49.4 Å². The topological polar surface area (TPSA) is 109 Å². The van der Waals surface area contributed by atoms with Crippen molar-refractivity contribution in [3.05, 3.63) is 47.9 Å². The van der Waals surface area contributed by atoms with Crippen molar-refractivity contribution in [1.82, 2.24) is 14.8 Å². The summed E-state index contributed by atoms with van der Waals surface area (Å²) in [6, 6.07) is 6.31. The highest BCUT2D eigenvalue weighted by Crippen LogP contribution is 2.53. The van der Waals surface area contributed by atoms with E-state index < -0.39 is 41.4 Å². The number of halogens is 4. The first kappa shape index (κ1) is 29.2. The number of hydrogen-bond donors (Lipinski definition) is 2. The zero-order chi connectivity index (χ0) is 29.4. The summed E-state index contributed by atoms with van der Waals surface area (Å²) in [5, 5.41) is 9.85. The number of ether oxygens (including phenoxy) is 1. The normalized spacial score (nSPS) is 23.3. The number of alkyl halides is 3. The number of benzene rings is 1. The van der Waals surface area contributed by atoms with Gasteiger partial charge >= 0.3 is 6.18 Å². The molecule has 12 heteroatoms. The number of piperidine rings is 1. The van der Waals surface area contributed by atoms with Crippen LogP contribution >= 0.6 is 0 Å². The first-order valence-electron chi connectivity index (χ1n) is 13.9. The third kappa shape index (κ3) is 6.18. The Bertz CT molecular complexity index is 1260. The Kier molecular flexibility index (Phi) is 8.24. The largest absolute Gasteiger partial charge is 0.477 e. The van der Waals surface area contributed by atoms with E-state index in [0.29, 0.717) is 37.6 Å². The van der Waals surface area contributed by atoms with Crippen LogP contribution in [0.25, 0.3) is 11.1 Å². The molecule has 3 aliphatic rings. The molecule has 8 nitrogen and oxygen atoms in total. The lowest BCUT2D eigenvalue weighted by atomic mass is 9.67. The van der Waals surface area contributed by atoms with Gasteiger partial charge in [0.1, 0.15) is 11.9 Å². The molecule has 2 aliphatic heterocycles. The van der Waals surface area contributed by atoms with Gasteiger partial charge in [-0.15, -0.1) is 0 Å². The number of aliphatic hydroxyl groups excluding tert-OH is 1. The Hall–Kier alpha value is -3.25. The van der Waals surface area contributed by atoms with Crippen molar-refractivity contribution >= 4 is 11.8 Å². The molecule has 1 saturated carbocycles. The van der Waals surface area contributed by atoms with Gasteiger partial charge in [0.2, 0.25) is 11.8 Å². The van der Waals surface area contributed by atoms with Crippen LogP contribution in [0, 0.1) is 17.2 Å². The van der Waals surface area contributed by atoms with Gasteiger partial charge in [-0.2, -0.15) is 13.2 Å². The second-order valence-corrected chi connectivity index (χ2v) is 11.5. The van der Waals surface area contributed by atoms with Crippen molar-refractivity contribution in [3.8, 4) is 17.0 Å². The number of rotatable bonds is 8. The van der Waals surface area contributed by atoms with E-state index in [9.17, 15) is 32.3 Å². The van der Waals surface area contributed by atoms with Crippen LogP contribution in [0.15, 0.2) is 36.5 Å². The van der Waals surface area contributed by atoms with Crippen molar-refractivity contribution in [3.63, 3.8) is 0 Å². The molecule has 3 N–H and O–H groups in total. The fourth-order valence-electron chi connectivity index (χ4n) is 6.06. The summed E-state index contributed by atoms with van der Waals surface area (Å²) in [5.74, 6) is -1.40. The Morgan fingerprint density at radius 1 is 1.15 bits per heavy atom. The molecule has 222 valence electrons. The average Bonchev–Trinajstić information content (AvgIpc) is 3.31. The summed E-state index contributed by atoms with van der Waals surface area (Å²) in [6.45, 7) is 1.63. The number of aliphatic hydroxyl groups is 1. The second kappa shape index (κ2) is 11.6. The van der Waals surface area contributed by atoms with Crippen molar-refractivity contribution in [2.45, 2.75) is 56.8 Å². The van der Waals surface area contributed by atoms with Crippen molar-refractivity contribution in [1.29, 1.82) is 0 Å². The lowest BCUT2D eigenvalue weighted by molar-refractivity contribution is -0.256. The summed E-state index contributed by atoms with van der Waals surface area (Å²) in [7, 11) is 0. The lowest BCUT2D eigenvalue weighted by Crippen LogP contribution is -2.53. The number of aromatic nitrogens is 1. The van der Waals surface area contributed by atoms with Crippen molar-refractivity contribution in [2.75, 3.05) is 32.8 Å². The van der Waals surface area contributed by atoms with Crippen LogP contribution in [0.2, 0.25) is 0 Å². The quantitative estimate of drug-likeness (QED) is 0.462. The maximum absolute atomic E-state index is 15.0. The Balaban J connectivity index is 1.13. The van der Waals surface area contributed by atoms with Gasteiger partial charge in [0, 0.05) is 48.5 Å². The van der Waals surface area contributed by atoms with E-state index in [1.165, 1.54) is 18.3 Å². The predicted molar refractivity (Wildman–Crippen MR) is 141 cm³/mol. The van der Waals surface area contributed by atoms with Gasteiger partial charge in [-0.1, -0.05) is 12.5 Å². The van der Waals surface area contributed by atoms with Gasteiger partial charge in [0.25, 0.3) is 5.91 Å². The van der Waals surface area contributed by atoms with Gasteiger partial charge in [-0.05, 0) is 62.9 Å². The number of nitrogens with two attached hydrogens (primary N) is 1. The number of likely N-dealkylation sites (tertiary alicyclic amines) is 2. The first-order chi connectivity index (χ1) is 19.5. The van der Waals surface area contributed by atoms with Crippen LogP contribution in [0.4, 0.5) is 17.6 Å². The number of carbonyl (C=O) groups excluding carboxylic acids is 2. The SMILES string of the molecule is NC(=O)C1C[C@@H](O)CN1C(=O)c1ccc(-c2ccc(OCC3CCN(CC4(C(F)(F)F)CCC4)CC3)nc2)c(F)c1. The van der Waals surface area contributed by atoms with E-state index in [1.807, 2.05) is 4.90 Å². The maximum atomic E-state index is 15.0. The Labute approximate surface area is 235 Å². The first-order valence-corrected chi connectivity index (χ1v) is 13.9. The molecule has 2 saturated heterocycles. The molecule has 3 heterocycles. The van der Waals surface area contributed by atoms with E-state index in [2.05, 4.69) is 4.98 Å².